The SMILES string of the molecule is Nc1ncc2ccc(Cl)cc2c1C#Cc1ccc(C(=O)CCC(O)CN2CCCCC2)cc1. The van der Waals surface area contributed by atoms with Crippen molar-refractivity contribution in [3.05, 3.63) is 70.4 Å². The Labute approximate surface area is 199 Å². The number of hydrogen-bond donors (Lipinski definition) is 2. The molecule has 3 aromatic rings. The molecule has 1 unspecified atom stereocenters. The highest BCUT2D eigenvalue weighted by atomic mass is 35.5. The third kappa shape index (κ3) is 6.11. The first-order valence-electron chi connectivity index (χ1n) is 11.4. The van der Waals surface area contributed by atoms with Crippen LogP contribution in [0, 0.1) is 11.8 Å². The van der Waals surface area contributed by atoms with Crippen LogP contribution in [-0.2, 0) is 0 Å². The zero-order valence-corrected chi connectivity index (χ0v) is 19.3. The Kier molecular flexibility index (Phi) is 7.61. The number of nitrogens with zero attached hydrogens (tertiary/aromatic N) is 2. The summed E-state index contributed by atoms with van der Waals surface area (Å²) in [5, 5.41) is 12.7. The average molecular weight is 462 g/mol. The largest absolute Gasteiger partial charge is 0.392 e. The highest BCUT2D eigenvalue weighted by Crippen LogP contribution is 2.25. The van der Waals surface area contributed by atoms with Crippen molar-refractivity contribution in [2.45, 2.75) is 38.2 Å². The van der Waals surface area contributed by atoms with Gasteiger partial charge in [0.25, 0.3) is 0 Å². The van der Waals surface area contributed by atoms with Crippen LogP contribution in [0.4, 0.5) is 5.82 Å². The predicted molar refractivity (Wildman–Crippen MR) is 133 cm³/mol. The highest BCUT2D eigenvalue weighted by Gasteiger charge is 2.16. The third-order valence-electron chi connectivity index (χ3n) is 6.04. The summed E-state index contributed by atoms with van der Waals surface area (Å²) >= 11 is 6.14. The molecule has 5 nitrogen and oxygen atoms in total. The van der Waals surface area contributed by atoms with Gasteiger partial charge in [0.2, 0.25) is 0 Å². The number of Topliss-reactive ketones (excluding diaryl/α,β-unsaturated/α-hetero) is 1. The lowest BCUT2D eigenvalue weighted by Crippen LogP contribution is -2.36. The number of anilines is 1. The van der Waals surface area contributed by atoms with E-state index < -0.39 is 6.10 Å². The number of rotatable bonds is 6. The van der Waals surface area contributed by atoms with Crippen molar-refractivity contribution >= 4 is 34.0 Å². The van der Waals surface area contributed by atoms with Crippen LogP contribution in [0.5, 0.6) is 0 Å². The van der Waals surface area contributed by atoms with Crippen molar-refractivity contribution < 1.29 is 9.90 Å². The summed E-state index contributed by atoms with van der Waals surface area (Å²) in [7, 11) is 0. The molecule has 1 aromatic heterocycles. The molecule has 1 saturated heterocycles. The second kappa shape index (κ2) is 10.8. The average Bonchev–Trinajstić information content (AvgIpc) is 2.83. The van der Waals surface area contributed by atoms with E-state index in [0.29, 0.717) is 41.4 Å². The number of aliphatic hydroxyl groups is 1. The molecule has 1 fully saturated rings. The zero-order valence-electron chi connectivity index (χ0n) is 18.6. The molecule has 3 N–H and O–H groups in total. The van der Waals surface area contributed by atoms with Crippen molar-refractivity contribution in [1.82, 2.24) is 9.88 Å². The lowest BCUT2D eigenvalue weighted by molar-refractivity contribution is 0.0821. The van der Waals surface area contributed by atoms with Crippen LogP contribution in [0.2, 0.25) is 5.02 Å². The number of ketones is 1. The second-order valence-corrected chi connectivity index (χ2v) is 8.99. The third-order valence-corrected chi connectivity index (χ3v) is 6.28. The fourth-order valence-corrected chi connectivity index (χ4v) is 4.35. The summed E-state index contributed by atoms with van der Waals surface area (Å²) in [6.45, 7) is 2.74. The van der Waals surface area contributed by atoms with Crippen molar-refractivity contribution in [1.29, 1.82) is 0 Å². The molecular formula is C27H28ClN3O2. The zero-order chi connectivity index (χ0) is 23.2. The molecule has 170 valence electrons. The lowest BCUT2D eigenvalue weighted by atomic mass is 10.0. The van der Waals surface area contributed by atoms with Crippen molar-refractivity contribution in [3.8, 4) is 11.8 Å². The summed E-state index contributed by atoms with van der Waals surface area (Å²) in [5.41, 5.74) is 8.10. The Morgan fingerprint density at radius 1 is 1.12 bits per heavy atom. The van der Waals surface area contributed by atoms with E-state index in [4.69, 9.17) is 17.3 Å². The van der Waals surface area contributed by atoms with Gasteiger partial charge in [-0.05, 0) is 56.6 Å². The standard InChI is InChI=1S/C27H28ClN3O2/c28-22-10-9-21-17-30-27(29)24(25(21)16-22)12-6-19-4-7-20(8-5-19)26(33)13-11-23(32)18-31-14-2-1-3-15-31/h4-5,7-10,16-17,23,32H,1-3,11,13-15,18H2,(H2,29,30). The molecule has 0 radical (unpaired) electrons. The van der Waals surface area contributed by atoms with Crippen LogP contribution < -0.4 is 5.73 Å². The molecule has 1 aliphatic heterocycles. The molecule has 0 amide bonds. The van der Waals surface area contributed by atoms with Gasteiger partial charge in [0.1, 0.15) is 5.82 Å². The molecule has 6 heteroatoms. The van der Waals surface area contributed by atoms with Gasteiger partial charge in [-0.3, -0.25) is 4.79 Å². The minimum atomic E-state index is -0.467. The van der Waals surface area contributed by atoms with Gasteiger partial charge in [0, 0.05) is 46.1 Å². The Balaban J connectivity index is 1.39. The van der Waals surface area contributed by atoms with Crippen LogP contribution in [-0.4, -0.2) is 46.5 Å². The van der Waals surface area contributed by atoms with Crippen LogP contribution in [0.15, 0.2) is 48.7 Å². The first-order chi connectivity index (χ1) is 16.0. The topological polar surface area (TPSA) is 79.4 Å². The van der Waals surface area contributed by atoms with Crippen molar-refractivity contribution in [3.63, 3.8) is 0 Å². The lowest BCUT2D eigenvalue weighted by Gasteiger charge is -2.28. The van der Waals surface area contributed by atoms with Gasteiger partial charge in [-0.2, -0.15) is 0 Å². The smallest absolute Gasteiger partial charge is 0.162 e. The van der Waals surface area contributed by atoms with Gasteiger partial charge in [0.15, 0.2) is 5.78 Å². The van der Waals surface area contributed by atoms with E-state index in [9.17, 15) is 9.90 Å². The van der Waals surface area contributed by atoms with Crippen LogP contribution in [0.3, 0.4) is 0 Å². The second-order valence-electron chi connectivity index (χ2n) is 8.55. The Morgan fingerprint density at radius 2 is 1.88 bits per heavy atom. The fourth-order valence-electron chi connectivity index (χ4n) is 4.18. The van der Waals surface area contributed by atoms with E-state index in [1.807, 2.05) is 24.3 Å². The van der Waals surface area contributed by atoms with E-state index in [0.717, 1.165) is 29.4 Å². The number of carbonyl (C=O) groups excluding carboxylic acids is 1. The summed E-state index contributed by atoms with van der Waals surface area (Å²) < 4.78 is 0. The van der Waals surface area contributed by atoms with E-state index in [1.165, 1.54) is 19.3 Å². The van der Waals surface area contributed by atoms with Gasteiger partial charge >= 0.3 is 0 Å². The number of carbonyl (C=O) groups is 1. The molecule has 0 bridgehead atoms. The maximum atomic E-state index is 12.6. The predicted octanol–water partition coefficient (Wildman–Crippen LogP) is 4.68. The number of nitrogen functional groups attached to an aromatic ring is 1. The Morgan fingerprint density at radius 3 is 2.64 bits per heavy atom. The maximum Gasteiger partial charge on any atom is 0.162 e. The van der Waals surface area contributed by atoms with Gasteiger partial charge in [-0.25, -0.2) is 4.98 Å². The molecule has 2 heterocycles. The molecule has 0 spiro atoms. The first-order valence-corrected chi connectivity index (χ1v) is 11.8. The number of aliphatic hydroxyl groups excluding tert-OH is 1. The number of aromatic nitrogens is 1. The number of halogens is 1. The number of piperidine rings is 1. The van der Waals surface area contributed by atoms with Crippen LogP contribution in [0.1, 0.15) is 53.6 Å². The van der Waals surface area contributed by atoms with E-state index in [-0.39, 0.29) is 5.78 Å². The molecule has 33 heavy (non-hydrogen) atoms. The summed E-state index contributed by atoms with van der Waals surface area (Å²) in [4.78, 5) is 19.1. The maximum absolute atomic E-state index is 12.6. The number of benzene rings is 2. The highest BCUT2D eigenvalue weighted by molar-refractivity contribution is 6.31. The number of β-amino-alcohol motifs (C(OH)–C–C–N with tert-alkyl or cyclic N) is 1. The Hall–Kier alpha value is -2.91. The first kappa shape index (κ1) is 23.3. The van der Waals surface area contributed by atoms with Gasteiger partial charge < -0.3 is 15.7 Å². The summed E-state index contributed by atoms with van der Waals surface area (Å²) in [6.07, 6.45) is 5.70. The van der Waals surface area contributed by atoms with E-state index in [1.54, 1.807) is 24.4 Å². The number of hydrogen-bond acceptors (Lipinski definition) is 5. The molecule has 1 atom stereocenters. The molecule has 1 aliphatic rings. The Bertz CT molecular complexity index is 1190. The molecule has 2 aromatic carbocycles. The van der Waals surface area contributed by atoms with E-state index in [2.05, 4.69) is 21.7 Å². The molecule has 0 aliphatic carbocycles. The van der Waals surface area contributed by atoms with Crippen LogP contribution in [0.25, 0.3) is 10.8 Å². The van der Waals surface area contributed by atoms with Crippen molar-refractivity contribution in [2.24, 2.45) is 0 Å². The van der Waals surface area contributed by atoms with Gasteiger partial charge in [-0.1, -0.05) is 48.1 Å². The number of nitrogens with two attached hydrogens (primary N) is 1. The number of fused-ring (bicyclic) bond motifs is 1. The van der Waals surface area contributed by atoms with E-state index >= 15 is 0 Å². The summed E-state index contributed by atoms with van der Waals surface area (Å²) in [5.74, 6) is 6.60. The van der Waals surface area contributed by atoms with Crippen molar-refractivity contribution in [2.75, 3.05) is 25.4 Å². The quantitative estimate of drug-likeness (QED) is 0.411. The summed E-state index contributed by atoms with van der Waals surface area (Å²) in [6, 6.07) is 12.7. The monoisotopic (exact) mass is 461 g/mol. The minimum Gasteiger partial charge on any atom is -0.392 e. The number of pyridine rings is 1. The van der Waals surface area contributed by atoms with Crippen LogP contribution >= 0.6 is 11.6 Å². The van der Waals surface area contributed by atoms with Gasteiger partial charge in [-0.15, -0.1) is 0 Å². The normalized spacial score (nSPS) is 15.1. The molecule has 4 rings (SSSR count). The molecule has 0 saturated carbocycles. The number of likely N-dealkylation sites (tertiary alicyclic amines) is 1. The minimum absolute atomic E-state index is 0.0318. The fraction of sp³-hybridized carbons (Fsp3) is 0.333. The van der Waals surface area contributed by atoms with Gasteiger partial charge in [0.05, 0.1) is 11.7 Å². The molecular weight excluding hydrogens is 434 g/mol.